The van der Waals surface area contributed by atoms with E-state index in [-0.39, 0.29) is 17.9 Å². The molecule has 0 aliphatic heterocycles. The third-order valence-corrected chi connectivity index (χ3v) is 5.85. The van der Waals surface area contributed by atoms with Crippen LogP contribution in [0.25, 0.3) is 34.0 Å². The van der Waals surface area contributed by atoms with Gasteiger partial charge in [-0.25, -0.2) is 18.4 Å². The number of aromatic amines is 1. The van der Waals surface area contributed by atoms with Gasteiger partial charge >= 0.3 is 0 Å². The highest BCUT2D eigenvalue weighted by atomic mass is 19.1. The topological polar surface area (TPSA) is 98.1 Å². The summed E-state index contributed by atoms with van der Waals surface area (Å²) in [7, 11) is 0. The lowest BCUT2D eigenvalue weighted by Gasteiger charge is -2.09. The molecule has 3 aromatic heterocycles. The van der Waals surface area contributed by atoms with Crippen LogP contribution in [0.4, 0.5) is 8.78 Å². The summed E-state index contributed by atoms with van der Waals surface area (Å²) >= 11 is 0. The van der Waals surface area contributed by atoms with Crippen LogP contribution in [-0.2, 0) is 13.0 Å². The fraction of sp³-hybridized carbons (Fsp3) is 0.231. The molecule has 5 aromatic rings. The number of aromatic nitrogens is 8. The molecular weight excluding hydrogens is 462 g/mol. The minimum Gasteiger partial charge on any atom is -0.256 e. The Morgan fingerprint density at radius 3 is 2.42 bits per heavy atom. The second kappa shape index (κ2) is 10.5. The van der Waals surface area contributed by atoms with Gasteiger partial charge in [-0.2, -0.15) is 10.3 Å². The molecule has 0 radical (unpaired) electrons. The van der Waals surface area contributed by atoms with E-state index in [9.17, 15) is 8.78 Å². The number of nitrogens with one attached hydrogen (secondary N) is 1. The van der Waals surface area contributed by atoms with E-state index in [1.165, 1.54) is 18.2 Å². The molecule has 0 aliphatic rings. The van der Waals surface area contributed by atoms with Crippen molar-refractivity contribution in [2.24, 2.45) is 0 Å². The van der Waals surface area contributed by atoms with Gasteiger partial charge < -0.3 is 0 Å². The monoisotopic (exact) mass is 486 g/mol. The number of unbranched alkanes of at least 4 members (excludes halogenated alkanes) is 2. The summed E-state index contributed by atoms with van der Waals surface area (Å²) in [6.45, 7) is 2.38. The predicted octanol–water partition coefficient (Wildman–Crippen LogP) is 5.25. The number of pyridine rings is 1. The lowest BCUT2D eigenvalue weighted by atomic mass is 10.0. The van der Waals surface area contributed by atoms with Crippen molar-refractivity contribution in [2.75, 3.05) is 0 Å². The van der Waals surface area contributed by atoms with Gasteiger partial charge in [0.15, 0.2) is 11.6 Å². The lowest BCUT2D eigenvalue weighted by Crippen LogP contribution is -2.07. The smallest absolute Gasteiger partial charge is 0.205 e. The number of rotatable bonds is 9. The summed E-state index contributed by atoms with van der Waals surface area (Å²) in [5.74, 6) is -0.125. The summed E-state index contributed by atoms with van der Waals surface area (Å²) in [5, 5.41) is 18.8. The van der Waals surface area contributed by atoms with Gasteiger partial charge in [0, 0.05) is 23.7 Å². The van der Waals surface area contributed by atoms with E-state index < -0.39 is 11.6 Å². The van der Waals surface area contributed by atoms with E-state index in [1.807, 2.05) is 36.4 Å². The molecule has 0 spiro atoms. The van der Waals surface area contributed by atoms with Crippen LogP contribution >= 0.6 is 0 Å². The largest absolute Gasteiger partial charge is 0.256 e. The molecule has 2 aromatic carbocycles. The van der Waals surface area contributed by atoms with Crippen LogP contribution in [0.2, 0.25) is 0 Å². The molecule has 3 heterocycles. The molecule has 0 unspecified atom stereocenters. The summed E-state index contributed by atoms with van der Waals surface area (Å²) in [4.78, 5) is 9.13. The van der Waals surface area contributed by atoms with Crippen molar-refractivity contribution in [1.29, 1.82) is 0 Å². The number of aryl methyl sites for hydroxylation is 1. The van der Waals surface area contributed by atoms with Crippen molar-refractivity contribution in [2.45, 2.75) is 39.2 Å². The Hall–Kier alpha value is -4.34. The standard InChI is InChI=1S/C26H24F2N8/c1-2-3-4-12-23-30-26(24-20(27)10-7-11-21(24)28)36(33-23)16-17-13-14-22(29-15-17)18-8-5-6-9-19(18)25-31-34-35-32-25/h5-11,13-15H,2-4,12,16H2,1H3,(H,31,32,34,35). The molecular formula is C26H24F2N8. The van der Waals surface area contributed by atoms with E-state index in [0.717, 1.165) is 41.6 Å². The number of halogens is 2. The normalized spacial score (nSPS) is 11.2. The molecule has 1 N–H and O–H groups in total. The number of nitrogens with zero attached hydrogens (tertiary/aromatic N) is 7. The number of H-pyrrole nitrogens is 1. The number of benzene rings is 2. The maximum Gasteiger partial charge on any atom is 0.205 e. The highest BCUT2D eigenvalue weighted by Gasteiger charge is 2.20. The first kappa shape index (κ1) is 23.4. The number of tetrazole rings is 1. The van der Waals surface area contributed by atoms with E-state index in [1.54, 1.807) is 10.9 Å². The van der Waals surface area contributed by atoms with Crippen LogP contribution in [-0.4, -0.2) is 40.4 Å². The minimum atomic E-state index is -0.671. The molecule has 0 amide bonds. The average Bonchev–Trinajstić information content (AvgIpc) is 3.56. The Balaban J connectivity index is 1.46. The van der Waals surface area contributed by atoms with Crippen LogP contribution in [0, 0.1) is 11.6 Å². The zero-order valence-electron chi connectivity index (χ0n) is 19.7. The Bertz CT molecular complexity index is 1430. The molecule has 36 heavy (non-hydrogen) atoms. The van der Waals surface area contributed by atoms with Crippen LogP contribution in [0.1, 0.15) is 37.6 Å². The highest BCUT2D eigenvalue weighted by Crippen LogP contribution is 2.29. The van der Waals surface area contributed by atoms with Crippen molar-refractivity contribution in [3.8, 4) is 34.0 Å². The Morgan fingerprint density at radius 1 is 0.917 bits per heavy atom. The molecule has 5 rings (SSSR count). The van der Waals surface area contributed by atoms with Gasteiger partial charge in [0.2, 0.25) is 5.82 Å². The molecule has 10 heteroatoms. The lowest BCUT2D eigenvalue weighted by molar-refractivity contribution is 0.581. The average molecular weight is 487 g/mol. The van der Waals surface area contributed by atoms with Crippen LogP contribution in [0.15, 0.2) is 60.8 Å². The van der Waals surface area contributed by atoms with Gasteiger partial charge in [-0.3, -0.25) is 4.98 Å². The molecule has 0 aliphatic carbocycles. The van der Waals surface area contributed by atoms with Crippen molar-refractivity contribution in [3.63, 3.8) is 0 Å². The first-order valence-electron chi connectivity index (χ1n) is 11.8. The van der Waals surface area contributed by atoms with Crippen LogP contribution in [0.3, 0.4) is 0 Å². The molecule has 182 valence electrons. The zero-order valence-corrected chi connectivity index (χ0v) is 19.7. The van der Waals surface area contributed by atoms with Crippen LogP contribution < -0.4 is 0 Å². The summed E-state index contributed by atoms with van der Waals surface area (Å²) < 4.78 is 30.8. The summed E-state index contributed by atoms with van der Waals surface area (Å²) in [5.41, 5.74) is 3.04. The van der Waals surface area contributed by atoms with E-state index in [0.29, 0.717) is 18.1 Å². The molecule has 0 saturated heterocycles. The Kier molecular flexibility index (Phi) is 6.83. The predicted molar refractivity (Wildman–Crippen MR) is 131 cm³/mol. The zero-order chi connectivity index (χ0) is 24.9. The second-order valence-electron chi connectivity index (χ2n) is 8.40. The van der Waals surface area contributed by atoms with E-state index in [4.69, 9.17) is 0 Å². The Morgan fingerprint density at radius 2 is 1.72 bits per heavy atom. The fourth-order valence-corrected chi connectivity index (χ4v) is 4.06. The fourth-order valence-electron chi connectivity index (χ4n) is 4.06. The maximum absolute atomic E-state index is 14.6. The van der Waals surface area contributed by atoms with Crippen molar-refractivity contribution in [3.05, 3.63) is 83.8 Å². The van der Waals surface area contributed by atoms with Crippen molar-refractivity contribution < 1.29 is 8.78 Å². The minimum absolute atomic E-state index is 0.170. The molecule has 0 saturated carbocycles. The quantitative estimate of drug-likeness (QED) is 0.286. The second-order valence-corrected chi connectivity index (χ2v) is 8.40. The van der Waals surface area contributed by atoms with E-state index >= 15 is 0 Å². The van der Waals surface area contributed by atoms with Gasteiger partial charge in [-0.05, 0) is 35.4 Å². The molecule has 0 bridgehead atoms. The van der Waals surface area contributed by atoms with Gasteiger partial charge in [-0.1, -0.05) is 56.2 Å². The van der Waals surface area contributed by atoms with Gasteiger partial charge in [0.25, 0.3) is 0 Å². The van der Waals surface area contributed by atoms with Gasteiger partial charge in [0.05, 0.1) is 17.8 Å². The molecule has 0 atom stereocenters. The van der Waals surface area contributed by atoms with Crippen molar-refractivity contribution >= 4 is 0 Å². The third kappa shape index (κ3) is 4.88. The molecule has 0 fully saturated rings. The summed E-state index contributed by atoms with van der Waals surface area (Å²) in [6.07, 6.45) is 5.38. The van der Waals surface area contributed by atoms with Crippen LogP contribution in [0.5, 0.6) is 0 Å². The third-order valence-electron chi connectivity index (χ3n) is 5.85. The van der Waals surface area contributed by atoms with E-state index in [2.05, 4.69) is 42.6 Å². The van der Waals surface area contributed by atoms with Gasteiger partial charge in [-0.15, -0.1) is 10.2 Å². The first-order chi connectivity index (χ1) is 17.6. The van der Waals surface area contributed by atoms with Gasteiger partial charge in [0.1, 0.15) is 11.6 Å². The van der Waals surface area contributed by atoms with Crippen molar-refractivity contribution in [1.82, 2.24) is 40.4 Å². The maximum atomic E-state index is 14.6. The number of hydrogen-bond donors (Lipinski definition) is 1. The number of hydrogen-bond acceptors (Lipinski definition) is 6. The highest BCUT2D eigenvalue weighted by molar-refractivity contribution is 5.78. The SMILES string of the molecule is CCCCCc1nc(-c2c(F)cccc2F)n(Cc2ccc(-c3ccccc3-c3nn[nH]n3)nc2)n1. The summed E-state index contributed by atoms with van der Waals surface area (Å²) in [6, 6.07) is 15.2. The molecule has 8 nitrogen and oxygen atoms in total. The Labute approximate surface area is 206 Å². The first-order valence-corrected chi connectivity index (χ1v) is 11.8.